The molecule has 0 bridgehead atoms. The van der Waals surface area contributed by atoms with Crippen LogP contribution in [-0.2, 0) is 14.3 Å². The number of fused-ring (bicyclic) bond motifs is 1. The number of hydrogen-bond acceptors (Lipinski definition) is 9. The average Bonchev–Trinajstić information content (AvgIpc) is 2.84. The first-order valence-corrected chi connectivity index (χ1v) is 12.0. The van der Waals surface area contributed by atoms with E-state index >= 15 is 0 Å². The Balaban J connectivity index is 1.76. The summed E-state index contributed by atoms with van der Waals surface area (Å²) in [5, 5.41) is 2.77. The van der Waals surface area contributed by atoms with E-state index < -0.39 is 35.1 Å². The van der Waals surface area contributed by atoms with E-state index in [2.05, 4.69) is 10.1 Å². The van der Waals surface area contributed by atoms with E-state index in [4.69, 9.17) is 18.6 Å². The molecule has 0 aliphatic carbocycles. The van der Waals surface area contributed by atoms with Crippen LogP contribution >= 0.6 is 0 Å². The number of esters is 2. The predicted octanol–water partition coefficient (Wildman–Crippen LogP) is 5.22. The zero-order valence-corrected chi connectivity index (χ0v) is 22.2. The maximum atomic E-state index is 12.9. The molecule has 0 spiro atoms. The van der Waals surface area contributed by atoms with Crippen LogP contribution in [0.5, 0.6) is 17.2 Å². The third-order valence-corrected chi connectivity index (χ3v) is 5.12. The predicted molar refractivity (Wildman–Crippen MR) is 139 cm³/mol. The van der Waals surface area contributed by atoms with Crippen molar-refractivity contribution in [3.63, 3.8) is 0 Å². The van der Waals surface area contributed by atoms with E-state index in [0.29, 0.717) is 17.7 Å². The largest absolute Gasteiger partial charge is 0.465 e. The van der Waals surface area contributed by atoms with Gasteiger partial charge in [-0.1, -0.05) is 13.8 Å². The molecule has 10 nitrogen and oxygen atoms in total. The SMILES string of the molecule is COC(=O)c1ccc(Oc2coc3cc(OC(=O)[C@H](CC(C)C)NC(=O)OC(C)(C)C)ccc3c2=O)cc1. The minimum atomic E-state index is -0.936. The smallest absolute Gasteiger partial charge is 0.408 e. The first-order chi connectivity index (χ1) is 17.9. The standard InChI is InChI=1S/C28H31NO9/c1-16(2)13-21(29-27(33)38-28(3,4)5)26(32)37-19-11-12-20-22(14-19)35-15-23(24(20)30)36-18-9-7-17(8-10-18)25(31)34-6/h7-12,14-16,21H,13H2,1-6H3,(H,29,33)/t21-/m0/s1. The lowest BCUT2D eigenvalue weighted by molar-refractivity contribution is -0.137. The van der Waals surface area contributed by atoms with Gasteiger partial charge in [-0.05, 0) is 69.5 Å². The molecule has 0 aliphatic heterocycles. The molecule has 38 heavy (non-hydrogen) atoms. The molecule has 0 aliphatic rings. The summed E-state index contributed by atoms with van der Waals surface area (Å²) >= 11 is 0. The van der Waals surface area contributed by atoms with Crippen molar-refractivity contribution in [2.75, 3.05) is 7.11 Å². The molecule has 0 saturated carbocycles. The summed E-state index contributed by atoms with van der Waals surface area (Å²) in [5.41, 5.74) is -0.648. The molecule has 1 amide bonds. The summed E-state index contributed by atoms with van der Waals surface area (Å²) in [5.74, 6) is -0.684. The van der Waals surface area contributed by atoms with Gasteiger partial charge in [-0.25, -0.2) is 14.4 Å². The van der Waals surface area contributed by atoms with Crippen molar-refractivity contribution in [2.24, 2.45) is 5.92 Å². The van der Waals surface area contributed by atoms with Gasteiger partial charge in [-0.2, -0.15) is 0 Å². The lowest BCUT2D eigenvalue weighted by atomic mass is 10.0. The van der Waals surface area contributed by atoms with Crippen LogP contribution in [-0.4, -0.2) is 36.8 Å². The highest BCUT2D eigenvalue weighted by molar-refractivity contribution is 5.89. The Kier molecular flexibility index (Phi) is 8.77. The Morgan fingerprint density at radius 1 is 1.00 bits per heavy atom. The van der Waals surface area contributed by atoms with Crippen LogP contribution in [0.25, 0.3) is 11.0 Å². The van der Waals surface area contributed by atoms with E-state index in [0.717, 1.165) is 6.26 Å². The first kappa shape index (κ1) is 28.2. The highest BCUT2D eigenvalue weighted by atomic mass is 16.6. The second-order valence-corrected chi connectivity index (χ2v) is 9.95. The lowest BCUT2D eigenvalue weighted by Crippen LogP contribution is -2.45. The van der Waals surface area contributed by atoms with Crippen LogP contribution < -0.4 is 20.2 Å². The van der Waals surface area contributed by atoms with Crippen molar-refractivity contribution in [3.05, 3.63) is 64.5 Å². The number of carbonyl (C=O) groups excluding carboxylic acids is 3. The number of carbonyl (C=O) groups is 3. The highest BCUT2D eigenvalue weighted by Gasteiger charge is 2.27. The summed E-state index contributed by atoms with van der Waals surface area (Å²) in [6.07, 6.45) is 0.759. The van der Waals surface area contributed by atoms with Crippen molar-refractivity contribution in [1.29, 1.82) is 0 Å². The van der Waals surface area contributed by atoms with Crippen molar-refractivity contribution in [2.45, 2.75) is 52.7 Å². The van der Waals surface area contributed by atoms with Gasteiger partial charge in [-0.15, -0.1) is 0 Å². The number of ether oxygens (including phenoxy) is 4. The maximum Gasteiger partial charge on any atom is 0.408 e. The van der Waals surface area contributed by atoms with Gasteiger partial charge in [0, 0.05) is 6.07 Å². The summed E-state index contributed by atoms with van der Waals surface area (Å²) in [7, 11) is 1.28. The van der Waals surface area contributed by atoms with Gasteiger partial charge in [0.15, 0.2) is 0 Å². The maximum absolute atomic E-state index is 12.9. The molecular weight excluding hydrogens is 494 g/mol. The van der Waals surface area contributed by atoms with E-state index in [-0.39, 0.29) is 28.4 Å². The second kappa shape index (κ2) is 11.8. The van der Waals surface area contributed by atoms with Crippen molar-refractivity contribution in [1.82, 2.24) is 5.32 Å². The van der Waals surface area contributed by atoms with Crippen LogP contribution in [0, 0.1) is 5.92 Å². The molecule has 1 N–H and O–H groups in total. The highest BCUT2D eigenvalue weighted by Crippen LogP contribution is 2.25. The monoisotopic (exact) mass is 525 g/mol. The van der Waals surface area contributed by atoms with Gasteiger partial charge in [0.05, 0.1) is 18.1 Å². The molecule has 1 atom stereocenters. The number of nitrogens with one attached hydrogen (secondary N) is 1. The molecule has 3 rings (SSSR count). The zero-order valence-electron chi connectivity index (χ0n) is 22.2. The molecule has 1 heterocycles. The van der Waals surface area contributed by atoms with Crippen LogP contribution in [0.3, 0.4) is 0 Å². The second-order valence-electron chi connectivity index (χ2n) is 9.95. The van der Waals surface area contributed by atoms with E-state index in [1.54, 1.807) is 20.8 Å². The van der Waals surface area contributed by atoms with Crippen molar-refractivity contribution in [3.8, 4) is 17.2 Å². The minimum Gasteiger partial charge on any atom is -0.465 e. The van der Waals surface area contributed by atoms with Crippen LogP contribution in [0.15, 0.2) is 57.9 Å². The number of methoxy groups -OCH3 is 1. The molecule has 2 aromatic carbocycles. The minimum absolute atomic E-state index is 0.0633. The third-order valence-electron chi connectivity index (χ3n) is 5.12. The quantitative estimate of drug-likeness (QED) is 0.311. The molecule has 1 aromatic heterocycles. The van der Waals surface area contributed by atoms with Gasteiger partial charge in [0.1, 0.15) is 35.0 Å². The fourth-order valence-electron chi connectivity index (χ4n) is 3.45. The molecule has 0 radical (unpaired) electrons. The van der Waals surface area contributed by atoms with E-state index in [1.165, 1.54) is 49.6 Å². The van der Waals surface area contributed by atoms with Crippen molar-refractivity contribution < 1.29 is 37.7 Å². The fraction of sp³-hybridized carbons (Fsp3) is 0.357. The molecule has 202 valence electrons. The number of rotatable bonds is 8. The number of amides is 1. The van der Waals surface area contributed by atoms with Gasteiger partial charge < -0.3 is 28.7 Å². The Morgan fingerprint density at radius 3 is 2.26 bits per heavy atom. The summed E-state index contributed by atoms with van der Waals surface area (Å²) in [6, 6.07) is 9.44. The summed E-state index contributed by atoms with van der Waals surface area (Å²) in [4.78, 5) is 49.6. The topological polar surface area (TPSA) is 130 Å². The van der Waals surface area contributed by atoms with Crippen LogP contribution in [0.1, 0.15) is 51.4 Å². The van der Waals surface area contributed by atoms with Crippen LogP contribution in [0.4, 0.5) is 4.79 Å². The van der Waals surface area contributed by atoms with Crippen LogP contribution in [0.2, 0.25) is 0 Å². The van der Waals surface area contributed by atoms with E-state index in [9.17, 15) is 19.2 Å². The molecule has 0 saturated heterocycles. The van der Waals surface area contributed by atoms with Gasteiger partial charge in [0.25, 0.3) is 0 Å². The zero-order chi connectivity index (χ0) is 28.0. The number of benzene rings is 2. The Hall–Kier alpha value is -4.34. The molecule has 0 unspecified atom stereocenters. The first-order valence-electron chi connectivity index (χ1n) is 12.0. The lowest BCUT2D eigenvalue weighted by Gasteiger charge is -2.23. The van der Waals surface area contributed by atoms with Gasteiger partial charge >= 0.3 is 18.0 Å². The van der Waals surface area contributed by atoms with Gasteiger partial charge in [-0.3, -0.25) is 4.79 Å². The molecular formula is C28H31NO9. The Labute approximate surface area is 219 Å². The summed E-state index contributed by atoms with van der Waals surface area (Å²) < 4.78 is 26.6. The van der Waals surface area contributed by atoms with Gasteiger partial charge in [0.2, 0.25) is 11.2 Å². The molecule has 3 aromatic rings. The average molecular weight is 526 g/mol. The molecule has 10 heteroatoms. The Morgan fingerprint density at radius 2 is 1.66 bits per heavy atom. The summed E-state index contributed by atoms with van der Waals surface area (Å²) in [6.45, 7) is 9.00. The Bertz CT molecular complexity index is 1370. The number of hydrogen-bond donors (Lipinski definition) is 1. The third kappa shape index (κ3) is 7.58. The fourth-order valence-corrected chi connectivity index (χ4v) is 3.45. The number of alkyl carbamates (subject to hydrolysis) is 1. The van der Waals surface area contributed by atoms with E-state index in [1.807, 2.05) is 13.8 Å². The normalized spacial score (nSPS) is 12.1. The van der Waals surface area contributed by atoms with Crippen molar-refractivity contribution >= 4 is 29.0 Å². The molecule has 0 fully saturated rings.